The third kappa shape index (κ3) is 2.96. The van der Waals surface area contributed by atoms with Crippen molar-refractivity contribution in [3.8, 4) is 5.75 Å². The van der Waals surface area contributed by atoms with Crippen molar-refractivity contribution in [3.63, 3.8) is 0 Å². The van der Waals surface area contributed by atoms with Gasteiger partial charge in [0.05, 0.1) is 18.7 Å². The van der Waals surface area contributed by atoms with Crippen LogP contribution in [0.4, 0.5) is 5.69 Å². The number of aryl methyl sites for hydroxylation is 1. The van der Waals surface area contributed by atoms with E-state index in [4.69, 9.17) is 4.74 Å². The molecule has 2 bridgehead atoms. The van der Waals surface area contributed by atoms with Crippen molar-refractivity contribution >= 4 is 17.5 Å². The molecule has 2 amide bonds. The van der Waals surface area contributed by atoms with Gasteiger partial charge in [-0.15, -0.1) is 0 Å². The minimum absolute atomic E-state index is 0.00699. The van der Waals surface area contributed by atoms with Crippen LogP contribution in [0.5, 0.6) is 5.75 Å². The number of methoxy groups -OCH3 is 1. The highest BCUT2D eigenvalue weighted by Gasteiger charge is 2.44. The first-order valence-electron chi connectivity index (χ1n) is 9.56. The van der Waals surface area contributed by atoms with E-state index in [1.54, 1.807) is 12.0 Å². The second-order valence-corrected chi connectivity index (χ2v) is 7.70. The topological polar surface area (TPSA) is 61.9 Å². The number of ether oxygens (including phenoxy) is 1. The van der Waals surface area contributed by atoms with Gasteiger partial charge < -0.3 is 19.9 Å². The van der Waals surface area contributed by atoms with E-state index >= 15 is 0 Å². The molecule has 4 rings (SSSR count). The molecular formula is C20H27N3O3. The Morgan fingerprint density at radius 2 is 2.04 bits per heavy atom. The second-order valence-electron chi connectivity index (χ2n) is 7.70. The number of carbonyl (C=O) groups excluding carboxylic acids is 2. The van der Waals surface area contributed by atoms with E-state index in [2.05, 4.69) is 10.2 Å². The minimum Gasteiger partial charge on any atom is -0.495 e. The van der Waals surface area contributed by atoms with Crippen molar-refractivity contribution < 1.29 is 14.3 Å². The Morgan fingerprint density at radius 3 is 2.85 bits per heavy atom. The molecule has 0 spiro atoms. The van der Waals surface area contributed by atoms with Gasteiger partial charge in [-0.05, 0) is 50.4 Å². The SMILES string of the molecule is COc1ccc(C)cc1N1CC(C(=O)N2C3CCNCC2CC3)CC1=O. The summed E-state index contributed by atoms with van der Waals surface area (Å²) in [6.07, 6.45) is 3.46. The zero-order valence-electron chi connectivity index (χ0n) is 15.5. The molecule has 26 heavy (non-hydrogen) atoms. The molecule has 140 valence electrons. The summed E-state index contributed by atoms with van der Waals surface area (Å²) in [5.74, 6) is 0.584. The summed E-state index contributed by atoms with van der Waals surface area (Å²) in [5, 5.41) is 3.43. The average molecular weight is 357 g/mol. The number of nitrogens with zero attached hydrogens (tertiary/aromatic N) is 2. The Hall–Kier alpha value is -2.08. The van der Waals surface area contributed by atoms with Crippen LogP contribution in [0.1, 0.15) is 31.2 Å². The number of rotatable bonds is 3. The van der Waals surface area contributed by atoms with Gasteiger partial charge in [-0.3, -0.25) is 9.59 Å². The Labute approximate surface area is 154 Å². The van der Waals surface area contributed by atoms with Crippen molar-refractivity contribution in [1.29, 1.82) is 0 Å². The van der Waals surface area contributed by atoms with Crippen molar-refractivity contribution in [2.24, 2.45) is 5.92 Å². The summed E-state index contributed by atoms with van der Waals surface area (Å²) in [6.45, 7) is 4.29. The molecule has 3 aliphatic rings. The van der Waals surface area contributed by atoms with E-state index in [-0.39, 0.29) is 23.8 Å². The Balaban J connectivity index is 1.55. The van der Waals surface area contributed by atoms with Gasteiger partial charge in [0, 0.05) is 31.6 Å². The van der Waals surface area contributed by atoms with E-state index in [1.807, 2.05) is 25.1 Å². The molecule has 3 unspecified atom stereocenters. The Bertz CT molecular complexity index is 706. The van der Waals surface area contributed by atoms with E-state index < -0.39 is 0 Å². The number of amides is 2. The van der Waals surface area contributed by atoms with Crippen LogP contribution in [0, 0.1) is 12.8 Å². The fourth-order valence-corrected chi connectivity index (χ4v) is 4.67. The summed E-state index contributed by atoms with van der Waals surface area (Å²) in [6, 6.07) is 6.43. The van der Waals surface area contributed by atoms with E-state index in [0.29, 0.717) is 24.8 Å². The molecule has 3 atom stereocenters. The van der Waals surface area contributed by atoms with Gasteiger partial charge in [-0.1, -0.05) is 6.07 Å². The van der Waals surface area contributed by atoms with Crippen LogP contribution in [0.2, 0.25) is 0 Å². The fraction of sp³-hybridized carbons (Fsp3) is 0.600. The van der Waals surface area contributed by atoms with Crippen LogP contribution < -0.4 is 15.0 Å². The lowest BCUT2D eigenvalue weighted by Crippen LogP contribution is -2.46. The maximum atomic E-state index is 13.2. The van der Waals surface area contributed by atoms with Crippen LogP contribution >= 0.6 is 0 Å². The second kappa shape index (κ2) is 6.91. The Kier molecular flexibility index (Phi) is 4.61. The lowest BCUT2D eigenvalue weighted by Gasteiger charge is -2.30. The highest BCUT2D eigenvalue weighted by molar-refractivity contribution is 6.01. The first-order valence-corrected chi connectivity index (χ1v) is 9.56. The molecule has 0 saturated carbocycles. The lowest BCUT2D eigenvalue weighted by atomic mass is 10.1. The zero-order valence-corrected chi connectivity index (χ0v) is 15.5. The molecule has 3 aliphatic heterocycles. The first kappa shape index (κ1) is 17.3. The maximum absolute atomic E-state index is 13.2. The molecule has 1 N–H and O–H groups in total. The van der Waals surface area contributed by atoms with Crippen LogP contribution in [0.25, 0.3) is 0 Å². The average Bonchev–Trinajstić information content (AvgIpc) is 3.13. The molecule has 3 heterocycles. The Morgan fingerprint density at radius 1 is 1.23 bits per heavy atom. The summed E-state index contributed by atoms with van der Waals surface area (Å²) in [5.41, 5.74) is 1.84. The fourth-order valence-electron chi connectivity index (χ4n) is 4.67. The van der Waals surface area contributed by atoms with Gasteiger partial charge in [-0.25, -0.2) is 0 Å². The molecule has 0 aliphatic carbocycles. The van der Waals surface area contributed by atoms with Gasteiger partial charge in [-0.2, -0.15) is 0 Å². The minimum atomic E-state index is -0.256. The maximum Gasteiger partial charge on any atom is 0.228 e. The van der Waals surface area contributed by atoms with Gasteiger partial charge in [0.15, 0.2) is 0 Å². The number of carbonyl (C=O) groups is 2. The van der Waals surface area contributed by atoms with Crippen molar-refractivity contribution in [2.45, 2.75) is 44.7 Å². The van der Waals surface area contributed by atoms with Crippen LogP contribution in [0.15, 0.2) is 18.2 Å². The smallest absolute Gasteiger partial charge is 0.228 e. The quantitative estimate of drug-likeness (QED) is 0.895. The van der Waals surface area contributed by atoms with Crippen molar-refractivity contribution in [1.82, 2.24) is 10.2 Å². The normalized spacial score (nSPS) is 28.4. The third-order valence-corrected chi connectivity index (χ3v) is 6.01. The van der Waals surface area contributed by atoms with Crippen LogP contribution in [-0.4, -0.2) is 55.5 Å². The van der Waals surface area contributed by atoms with Crippen molar-refractivity contribution in [2.75, 3.05) is 31.6 Å². The zero-order chi connectivity index (χ0) is 18.3. The molecule has 1 aromatic carbocycles. The molecular weight excluding hydrogens is 330 g/mol. The number of nitrogens with one attached hydrogen (secondary N) is 1. The number of benzene rings is 1. The van der Waals surface area contributed by atoms with Crippen molar-refractivity contribution in [3.05, 3.63) is 23.8 Å². The molecule has 1 aromatic rings. The molecule has 0 aromatic heterocycles. The van der Waals surface area contributed by atoms with Crippen LogP contribution in [0.3, 0.4) is 0 Å². The predicted molar refractivity (Wildman–Crippen MR) is 99.3 cm³/mol. The largest absolute Gasteiger partial charge is 0.495 e. The predicted octanol–water partition coefficient (Wildman–Crippen LogP) is 1.71. The molecule has 6 heteroatoms. The standard InChI is InChI=1S/C20H27N3O3/c1-13-3-6-18(26-2)17(9-13)22-12-14(10-19(22)24)20(25)23-15-4-5-16(23)11-21-8-7-15/h3,6,9,14-16,21H,4-5,7-8,10-12H2,1-2H3. The van der Waals surface area contributed by atoms with E-state index in [1.165, 1.54) is 0 Å². The first-order chi connectivity index (χ1) is 12.6. The summed E-state index contributed by atoms with van der Waals surface area (Å²) in [4.78, 5) is 29.8. The lowest BCUT2D eigenvalue weighted by molar-refractivity contribution is -0.138. The number of hydrogen-bond acceptors (Lipinski definition) is 4. The monoisotopic (exact) mass is 357 g/mol. The van der Waals surface area contributed by atoms with Crippen LogP contribution in [-0.2, 0) is 9.59 Å². The van der Waals surface area contributed by atoms with Gasteiger partial charge in [0.25, 0.3) is 0 Å². The highest BCUT2D eigenvalue weighted by Crippen LogP contribution is 2.36. The highest BCUT2D eigenvalue weighted by atomic mass is 16.5. The molecule has 3 saturated heterocycles. The van der Waals surface area contributed by atoms with Gasteiger partial charge in [0.2, 0.25) is 11.8 Å². The van der Waals surface area contributed by atoms with E-state index in [0.717, 1.165) is 43.6 Å². The third-order valence-electron chi connectivity index (χ3n) is 6.01. The molecule has 3 fully saturated rings. The van der Waals surface area contributed by atoms with Gasteiger partial charge in [0.1, 0.15) is 5.75 Å². The number of anilines is 1. The summed E-state index contributed by atoms with van der Waals surface area (Å²) < 4.78 is 5.44. The van der Waals surface area contributed by atoms with E-state index in [9.17, 15) is 9.59 Å². The molecule has 6 nitrogen and oxygen atoms in total. The van der Waals surface area contributed by atoms with Gasteiger partial charge >= 0.3 is 0 Å². The summed E-state index contributed by atoms with van der Waals surface area (Å²) in [7, 11) is 1.61. The molecule has 0 radical (unpaired) electrons. The summed E-state index contributed by atoms with van der Waals surface area (Å²) >= 11 is 0. The number of fused-ring (bicyclic) bond motifs is 2. The number of hydrogen-bond donors (Lipinski definition) is 1.